The van der Waals surface area contributed by atoms with Gasteiger partial charge in [-0.05, 0) is 44.1 Å². The van der Waals surface area contributed by atoms with Gasteiger partial charge < -0.3 is 15.1 Å². The molecule has 2 heterocycles. The van der Waals surface area contributed by atoms with E-state index in [-0.39, 0.29) is 13.2 Å². The number of nitrogens with zero attached hydrogens (tertiary/aromatic N) is 3. The van der Waals surface area contributed by atoms with Gasteiger partial charge in [0, 0.05) is 23.9 Å². The van der Waals surface area contributed by atoms with Crippen LogP contribution in [-0.2, 0) is 12.8 Å². The molecule has 0 aliphatic heterocycles. The summed E-state index contributed by atoms with van der Waals surface area (Å²) in [6.07, 6.45) is 7.08. The number of thiophene rings is 1. The SMILES string of the molecule is OCCN(CCO)c1nc(C2CC2)nc2sc3c(c12)CCCC3. The van der Waals surface area contributed by atoms with Crippen molar-refractivity contribution in [1.29, 1.82) is 0 Å². The third-order valence-corrected chi connectivity index (χ3v) is 5.98. The van der Waals surface area contributed by atoms with E-state index in [9.17, 15) is 10.2 Å². The van der Waals surface area contributed by atoms with Crippen molar-refractivity contribution in [3.05, 3.63) is 16.3 Å². The lowest BCUT2D eigenvalue weighted by atomic mass is 9.97. The molecule has 0 aromatic carbocycles. The van der Waals surface area contributed by atoms with Gasteiger partial charge >= 0.3 is 0 Å². The van der Waals surface area contributed by atoms with Crippen LogP contribution >= 0.6 is 11.3 Å². The van der Waals surface area contributed by atoms with Gasteiger partial charge in [0.05, 0.1) is 18.6 Å². The molecule has 0 spiro atoms. The molecular formula is C17H23N3O2S. The van der Waals surface area contributed by atoms with E-state index in [0.717, 1.165) is 29.3 Å². The van der Waals surface area contributed by atoms with E-state index in [0.29, 0.717) is 19.0 Å². The number of aliphatic hydroxyl groups is 2. The Labute approximate surface area is 140 Å². The van der Waals surface area contributed by atoms with E-state index in [1.165, 1.54) is 41.5 Å². The number of hydrogen-bond acceptors (Lipinski definition) is 6. The summed E-state index contributed by atoms with van der Waals surface area (Å²) in [5.74, 6) is 2.38. The van der Waals surface area contributed by atoms with E-state index in [4.69, 9.17) is 9.97 Å². The molecule has 0 saturated heterocycles. The van der Waals surface area contributed by atoms with Crippen LogP contribution in [-0.4, -0.2) is 46.5 Å². The molecule has 23 heavy (non-hydrogen) atoms. The third kappa shape index (κ3) is 2.84. The van der Waals surface area contributed by atoms with Gasteiger partial charge in [0.1, 0.15) is 16.5 Å². The fraction of sp³-hybridized carbons (Fsp3) is 0.647. The second-order valence-corrected chi connectivity index (χ2v) is 7.59. The van der Waals surface area contributed by atoms with Crippen LogP contribution in [0.3, 0.4) is 0 Å². The van der Waals surface area contributed by atoms with Gasteiger partial charge in [-0.1, -0.05) is 0 Å². The maximum atomic E-state index is 9.41. The molecule has 0 radical (unpaired) electrons. The van der Waals surface area contributed by atoms with Gasteiger partial charge in [-0.15, -0.1) is 11.3 Å². The topological polar surface area (TPSA) is 69.5 Å². The Balaban J connectivity index is 1.88. The van der Waals surface area contributed by atoms with Gasteiger partial charge in [0.15, 0.2) is 0 Å². The first-order valence-corrected chi connectivity index (χ1v) is 9.42. The summed E-state index contributed by atoms with van der Waals surface area (Å²) in [4.78, 5) is 14.3. The predicted octanol–water partition coefficient (Wildman–Crippen LogP) is 2.24. The summed E-state index contributed by atoms with van der Waals surface area (Å²) < 4.78 is 0. The largest absolute Gasteiger partial charge is 0.395 e. The van der Waals surface area contributed by atoms with E-state index in [1.54, 1.807) is 0 Å². The molecule has 2 aliphatic rings. The zero-order chi connectivity index (χ0) is 15.8. The van der Waals surface area contributed by atoms with E-state index < -0.39 is 0 Å². The Morgan fingerprint density at radius 1 is 1.04 bits per heavy atom. The average Bonchev–Trinajstić information content (AvgIpc) is 3.34. The van der Waals surface area contributed by atoms with Crippen LogP contribution in [0.2, 0.25) is 0 Å². The molecule has 4 rings (SSSR count). The van der Waals surface area contributed by atoms with Gasteiger partial charge in [0.2, 0.25) is 0 Å². The number of rotatable bonds is 6. The minimum Gasteiger partial charge on any atom is -0.395 e. The molecule has 2 N–H and O–H groups in total. The summed E-state index contributed by atoms with van der Waals surface area (Å²) in [5.41, 5.74) is 1.41. The molecule has 5 nitrogen and oxygen atoms in total. The fourth-order valence-corrected chi connectivity index (χ4v) is 4.74. The summed E-state index contributed by atoms with van der Waals surface area (Å²) in [6.45, 7) is 1.13. The maximum absolute atomic E-state index is 9.41. The summed E-state index contributed by atoms with van der Waals surface area (Å²) in [6, 6.07) is 0. The molecule has 1 saturated carbocycles. The van der Waals surface area contributed by atoms with Crippen LogP contribution < -0.4 is 4.90 Å². The van der Waals surface area contributed by atoms with Gasteiger partial charge in [0.25, 0.3) is 0 Å². The van der Waals surface area contributed by atoms with E-state index >= 15 is 0 Å². The Morgan fingerprint density at radius 2 is 1.78 bits per heavy atom. The second-order valence-electron chi connectivity index (χ2n) is 6.50. The van der Waals surface area contributed by atoms with Crippen molar-refractivity contribution in [3.8, 4) is 0 Å². The lowest BCUT2D eigenvalue weighted by molar-refractivity contribution is 0.281. The molecule has 0 bridgehead atoms. The Kier molecular flexibility index (Phi) is 4.22. The highest BCUT2D eigenvalue weighted by Gasteiger charge is 2.30. The Hall–Kier alpha value is -1.24. The fourth-order valence-electron chi connectivity index (χ4n) is 3.47. The lowest BCUT2D eigenvalue weighted by Crippen LogP contribution is -2.31. The van der Waals surface area contributed by atoms with E-state index in [1.807, 2.05) is 16.2 Å². The molecule has 6 heteroatoms. The van der Waals surface area contributed by atoms with Gasteiger partial charge in [-0.2, -0.15) is 0 Å². The van der Waals surface area contributed by atoms with Crippen LogP contribution in [0.5, 0.6) is 0 Å². The molecule has 0 unspecified atom stereocenters. The number of aryl methyl sites for hydroxylation is 2. The molecule has 2 aliphatic carbocycles. The third-order valence-electron chi connectivity index (χ3n) is 4.79. The molecule has 0 atom stereocenters. The van der Waals surface area contributed by atoms with Crippen molar-refractivity contribution in [3.63, 3.8) is 0 Å². The monoisotopic (exact) mass is 333 g/mol. The van der Waals surface area contributed by atoms with Crippen LogP contribution in [0.4, 0.5) is 5.82 Å². The van der Waals surface area contributed by atoms with Crippen molar-refractivity contribution in [2.24, 2.45) is 0 Å². The zero-order valence-electron chi connectivity index (χ0n) is 13.3. The second kappa shape index (κ2) is 6.34. The minimum absolute atomic E-state index is 0.0661. The molecule has 2 aromatic heterocycles. The van der Waals surface area contributed by atoms with Crippen LogP contribution in [0.15, 0.2) is 0 Å². The standard InChI is InChI=1S/C17H23N3O2S/c21-9-7-20(8-10-22)16-14-12-3-1-2-4-13(12)23-17(14)19-15(18-16)11-5-6-11/h11,21-22H,1-10H2. The number of aliphatic hydroxyl groups excluding tert-OH is 2. The van der Waals surface area contributed by atoms with Crippen molar-refractivity contribution < 1.29 is 10.2 Å². The first-order valence-electron chi connectivity index (χ1n) is 8.60. The number of anilines is 1. The summed E-state index contributed by atoms with van der Waals surface area (Å²) >= 11 is 1.82. The van der Waals surface area contributed by atoms with Crippen molar-refractivity contribution in [2.75, 3.05) is 31.2 Å². The molecule has 1 fully saturated rings. The smallest absolute Gasteiger partial charge is 0.141 e. The van der Waals surface area contributed by atoms with Crippen LogP contribution in [0.1, 0.15) is 47.9 Å². The van der Waals surface area contributed by atoms with Crippen LogP contribution in [0, 0.1) is 0 Å². The van der Waals surface area contributed by atoms with Crippen molar-refractivity contribution in [2.45, 2.75) is 44.4 Å². The minimum atomic E-state index is 0.0661. The Bertz CT molecular complexity index is 705. The highest BCUT2D eigenvalue weighted by atomic mass is 32.1. The first kappa shape index (κ1) is 15.3. The lowest BCUT2D eigenvalue weighted by Gasteiger charge is -2.24. The number of fused-ring (bicyclic) bond motifs is 3. The predicted molar refractivity (Wildman–Crippen MR) is 92.4 cm³/mol. The van der Waals surface area contributed by atoms with Crippen molar-refractivity contribution >= 4 is 27.4 Å². The molecule has 2 aromatic rings. The highest BCUT2D eigenvalue weighted by molar-refractivity contribution is 7.19. The molecular weight excluding hydrogens is 310 g/mol. The van der Waals surface area contributed by atoms with E-state index in [2.05, 4.69) is 0 Å². The zero-order valence-corrected chi connectivity index (χ0v) is 14.1. The normalized spacial score (nSPS) is 17.5. The summed E-state index contributed by atoms with van der Waals surface area (Å²) in [7, 11) is 0. The van der Waals surface area contributed by atoms with Crippen molar-refractivity contribution in [1.82, 2.24) is 9.97 Å². The van der Waals surface area contributed by atoms with Gasteiger partial charge in [-0.25, -0.2) is 9.97 Å². The molecule has 0 amide bonds. The quantitative estimate of drug-likeness (QED) is 0.848. The Morgan fingerprint density at radius 3 is 2.48 bits per heavy atom. The summed E-state index contributed by atoms with van der Waals surface area (Å²) in [5, 5.41) is 20.0. The maximum Gasteiger partial charge on any atom is 0.141 e. The average molecular weight is 333 g/mol. The van der Waals surface area contributed by atoms with Gasteiger partial charge in [-0.3, -0.25) is 0 Å². The highest BCUT2D eigenvalue weighted by Crippen LogP contribution is 2.44. The molecule has 124 valence electrons. The first-order chi connectivity index (χ1) is 11.3. The number of hydrogen-bond donors (Lipinski definition) is 2. The number of aromatic nitrogens is 2. The van der Waals surface area contributed by atoms with Crippen LogP contribution in [0.25, 0.3) is 10.2 Å².